The van der Waals surface area contributed by atoms with E-state index in [-0.39, 0.29) is 0 Å². The first-order chi connectivity index (χ1) is 11.5. The third kappa shape index (κ3) is 3.57. The number of ether oxygens (including phenoxy) is 1. The lowest BCUT2D eigenvalue weighted by Gasteiger charge is -1.98. The topological polar surface area (TPSA) is 37.4 Å². The molecule has 0 atom stereocenters. The van der Waals surface area contributed by atoms with Crippen molar-refractivity contribution >= 4 is 17.9 Å². The summed E-state index contributed by atoms with van der Waals surface area (Å²) < 4.78 is 5.18. The van der Waals surface area contributed by atoms with E-state index in [1.54, 1.807) is 7.11 Å². The fourth-order valence-corrected chi connectivity index (χ4v) is 2.72. The van der Waals surface area contributed by atoms with E-state index in [1.165, 1.54) is 16.8 Å². The molecule has 0 fully saturated rings. The number of nitrogens with one attached hydrogen (secondary N) is 1. The van der Waals surface area contributed by atoms with E-state index in [0.717, 1.165) is 28.4 Å². The van der Waals surface area contributed by atoms with Gasteiger partial charge < -0.3 is 9.72 Å². The maximum Gasteiger partial charge on any atom is 0.118 e. The third-order valence-electron chi connectivity index (χ3n) is 4.05. The number of aromatic nitrogens is 1. The molecule has 3 heteroatoms. The van der Waals surface area contributed by atoms with Crippen LogP contribution in [-0.4, -0.2) is 17.8 Å². The Balaban J connectivity index is 1.79. The maximum absolute atomic E-state index is 5.18. The zero-order valence-corrected chi connectivity index (χ0v) is 14.6. The number of hydrogen-bond donors (Lipinski definition) is 1. The first kappa shape index (κ1) is 16.1. The minimum Gasteiger partial charge on any atom is -0.497 e. The maximum atomic E-state index is 5.18. The largest absolute Gasteiger partial charge is 0.497 e. The van der Waals surface area contributed by atoms with E-state index in [2.05, 4.69) is 50.0 Å². The van der Waals surface area contributed by atoms with Gasteiger partial charge in [-0.2, -0.15) is 0 Å². The van der Waals surface area contributed by atoms with Crippen LogP contribution in [0.1, 0.15) is 29.4 Å². The van der Waals surface area contributed by atoms with E-state index in [4.69, 9.17) is 9.73 Å². The highest BCUT2D eigenvalue weighted by atomic mass is 16.5. The molecule has 2 heterocycles. The van der Waals surface area contributed by atoms with Gasteiger partial charge in [0.05, 0.1) is 18.5 Å². The Morgan fingerprint density at radius 3 is 2.42 bits per heavy atom. The van der Waals surface area contributed by atoms with Crippen molar-refractivity contribution in [1.29, 1.82) is 0 Å². The first-order valence-corrected chi connectivity index (χ1v) is 8.02. The Bertz CT molecular complexity index is 862. The number of methoxy groups -OCH3 is 1. The van der Waals surface area contributed by atoms with E-state index in [0.29, 0.717) is 0 Å². The van der Waals surface area contributed by atoms with Crippen LogP contribution in [0.5, 0.6) is 5.75 Å². The Labute approximate surface area is 143 Å². The summed E-state index contributed by atoms with van der Waals surface area (Å²) in [5.41, 5.74) is 7.81. The second-order valence-electron chi connectivity index (χ2n) is 6.05. The van der Waals surface area contributed by atoms with E-state index >= 15 is 0 Å². The number of aromatic amines is 1. The van der Waals surface area contributed by atoms with E-state index in [1.807, 2.05) is 30.3 Å². The average Bonchev–Trinajstić information content (AvgIpc) is 3.08. The van der Waals surface area contributed by atoms with Gasteiger partial charge in [-0.05, 0) is 73.9 Å². The second kappa shape index (κ2) is 6.75. The Kier molecular flexibility index (Phi) is 4.52. The standard InChI is InChI=1S/C21H22N2O/c1-14-11-16(3)22-20(14)13-21-15(2)12-18(23-21)8-5-17-6-9-19(24-4)10-7-17/h5-13,22H,1-4H3/b8-5+,21-13+. The normalized spacial score (nSPS) is 15.9. The van der Waals surface area contributed by atoms with Crippen LogP contribution in [0.3, 0.4) is 0 Å². The minimum atomic E-state index is 0.864. The van der Waals surface area contributed by atoms with Gasteiger partial charge in [-0.25, -0.2) is 4.99 Å². The fourth-order valence-electron chi connectivity index (χ4n) is 2.72. The monoisotopic (exact) mass is 318 g/mol. The summed E-state index contributed by atoms with van der Waals surface area (Å²) in [6, 6.07) is 10.1. The van der Waals surface area contributed by atoms with Crippen molar-refractivity contribution < 1.29 is 4.74 Å². The highest BCUT2D eigenvalue weighted by molar-refractivity contribution is 6.10. The molecule has 0 radical (unpaired) electrons. The number of allylic oxidation sites excluding steroid dienone is 3. The lowest BCUT2D eigenvalue weighted by atomic mass is 10.1. The van der Waals surface area contributed by atoms with Gasteiger partial charge in [0.2, 0.25) is 0 Å². The fraction of sp³-hybridized carbons (Fsp3) is 0.190. The summed E-state index contributed by atoms with van der Waals surface area (Å²) in [6.45, 7) is 6.27. The van der Waals surface area contributed by atoms with Crippen molar-refractivity contribution in [2.24, 2.45) is 4.99 Å². The number of aliphatic imine (C=N–C) groups is 1. The summed E-state index contributed by atoms with van der Waals surface area (Å²) >= 11 is 0. The molecule has 24 heavy (non-hydrogen) atoms. The molecular weight excluding hydrogens is 296 g/mol. The van der Waals surface area contributed by atoms with Crippen molar-refractivity contribution in [2.45, 2.75) is 20.8 Å². The zero-order valence-electron chi connectivity index (χ0n) is 14.6. The van der Waals surface area contributed by atoms with Crippen molar-refractivity contribution in [3.63, 3.8) is 0 Å². The summed E-state index contributed by atoms with van der Waals surface area (Å²) in [6.07, 6.45) is 8.33. The summed E-state index contributed by atoms with van der Waals surface area (Å²) in [5.74, 6) is 0.864. The highest BCUT2D eigenvalue weighted by Crippen LogP contribution is 2.23. The van der Waals surface area contributed by atoms with Crippen LogP contribution in [0.25, 0.3) is 12.2 Å². The molecule has 0 aliphatic carbocycles. The first-order valence-electron chi connectivity index (χ1n) is 8.02. The number of H-pyrrole nitrogens is 1. The molecule has 122 valence electrons. The van der Waals surface area contributed by atoms with Crippen LogP contribution in [-0.2, 0) is 0 Å². The van der Waals surface area contributed by atoms with Crippen molar-refractivity contribution in [1.82, 2.24) is 4.98 Å². The Morgan fingerprint density at radius 2 is 1.79 bits per heavy atom. The average molecular weight is 318 g/mol. The molecule has 0 saturated carbocycles. The van der Waals surface area contributed by atoms with Gasteiger partial charge in [0, 0.05) is 11.4 Å². The molecule has 0 amide bonds. The quantitative estimate of drug-likeness (QED) is 0.837. The molecule has 3 rings (SSSR count). The van der Waals surface area contributed by atoms with Gasteiger partial charge >= 0.3 is 0 Å². The van der Waals surface area contributed by atoms with Crippen LogP contribution in [0.2, 0.25) is 0 Å². The van der Waals surface area contributed by atoms with E-state index < -0.39 is 0 Å². The number of benzene rings is 1. The van der Waals surface area contributed by atoms with Crippen LogP contribution < -0.4 is 4.74 Å². The van der Waals surface area contributed by atoms with E-state index in [9.17, 15) is 0 Å². The number of nitrogens with zero attached hydrogens (tertiary/aromatic N) is 1. The van der Waals surface area contributed by atoms with Gasteiger partial charge in [-0.15, -0.1) is 0 Å². The molecular formula is C21H22N2O. The van der Waals surface area contributed by atoms with Crippen LogP contribution in [0, 0.1) is 13.8 Å². The van der Waals surface area contributed by atoms with Gasteiger partial charge in [0.1, 0.15) is 5.75 Å². The number of hydrogen-bond acceptors (Lipinski definition) is 2. The third-order valence-corrected chi connectivity index (χ3v) is 4.05. The molecule has 1 aliphatic heterocycles. The number of aryl methyl sites for hydroxylation is 2. The second-order valence-corrected chi connectivity index (χ2v) is 6.05. The SMILES string of the molecule is COc1ccc(/C=C/C2=NC(=C/c3[nH]c(C)cc3C)/C(C)=C2)cc1. The van der Waals surface area contributed by atoms with Crippen molar-refractivity contribution in [3.05, 3.63) is 76.3 Å². The summed E-state index contributed by atoms with van der Waals surface area (Å²) in [4.78, 5) is 8.09. The molecule has 0 unspecified atom stereocenters. The predicted octanol–water partition coefficient (Wildman–Crippen LogP) is 5.10. The predicted molar refractivity (Wildman–Crippen MR) is 101 cm³/mol. The lowest BCUT2D eigenvalue weighted by Crippen LogP contribution is -1.84. The summed E-state index contributed by atoms with van der Waals surface area (Å²) in [7, 11) is 1.67. The van der Waals surface area contributed by atoms with Crippen LogP contribution >= 0.6 is 0 Å². The Morgan fingerprint density at radius 1 is 1.04 bits per heavy atom. The van der Waals surface area contributed by atoms with Gasteiger partial charge in [-0.1, -0.05) is 18.2 Å². The highest BCUT2D eigenvalue weighted by Gasteiger charge is 2.10. The van der Waals surface area contributed by atoms with Crippen LogP contribution in [0.4, 0.5) is 0 Å². The van der Waals surface area contributed by atoms with Crippen LogP contribution in [0.15, 0.2) is 58.7 Å². The molecule has 1 N–H and O–H groups in total. The summed E-state index contributed by atoms with van der Waals surface area (Å²) in [5, 5.41) is 0. The molecule has 1 aromatic carbocycles. The molecule has 0 bridgehead atoms. The minimum absolute atomic E-state index is 0.864. The molecule has 2 aromatic rings. The zero-order chi connectivity index (χ0) is 17.1. The molecule has 0 saturated heterocycles. The van der Waals surface area contributed by atoms with Gasteiger partial charge in [0.25, 0.3) is 0 Å². The number of rotatable bonds is 4. The molecule has 3 nitrogen and oxygen atoms in total. The smallest absolute Gasteiger partial charge is 0.118 e. The van der Waals surface area contributed by atoms with Gasteiger partial charge in [-0.3, -0.25) is 0 Å². The van der Waals surface area contributed by atoms with Gasteiger partial charge in [0.15, 0.2) is 0 Å². The van der Waals surface area contributed by atoms with Crippen molar-refractivity contribution in [2.75, 3.05) is 7.11 Å². The van der Waals surface area contributed by atoms with Crippen molar-refractivity contribution in [3.8, 4) is 5.75 Å². The molecule has 1 aromatic heterocycles. The molecule has 0 spiro atoms. The molecule has 1 aliphatic rings. The Hall–Kier alpha value is -2.81. The lowest BCUT2D eigenvalue weighted by molar-refractivity contribution is 0.415.